The molecule has 5 rings (SSSR count). The minimum absolute atomic E-state index is 0.00474. The van der Waals surface area contributed by atoms with Gasteiger partial charge in [0.15, 0.2) is 4.93 Å². The molecule has 0 amide bonds. The van der Waals surface area contributed by atoms with Crippen LogP contribution in [-0.2, 0) is 4.74 Å². The van der Waals surface area contributed by atoms with Crippen LogP contribution in [0.5, 0.6) is 0 Å². The molecule has 4 aliphatic rings. The molecule has 1 aromatic carbocycles. The standard InChI is InChI=1S/C20H12ClF6NOS2/c1-16-10(8-11(21)30-16)12-13(18(24,25)20(26,27)17(12,22)23)14-19(16,29-2)31-15(28-14)9-6-4-3-5-7-9/h3-8H,1-2H3. The third-order valence-electron chi connectivity index (χ3n) is 5.95. The number of alkyl halides is 6. The van der Waals surface area contributed by atoms with Crippen LogP contribution in [0.15, 0.2) is 68.2 Å². The first-order valence-corrected chi connectivity index (χ1v) is 10.9. The number of ether oxygens (including phenoxy) is 1. The molecule has 1 fully saturated rings. The summed E-state index contributed by atoms with van der Waals surface area (Å²) >= 11 is 7.93. The summed E-state index contributed by atoms with van der Waals surface area (Å²) in [6.07, 6.45) is 1.05. The van der Waals surface area contributed by atoms with Gasteiger partial charge in [-0.2, -0.15) is 26.3 Å². The van der Waals surface area contributed by atoms with E-state index in [-0.39, 0.29) is 9.41 Å². The van der Waals surface area contributed by atoms with Crippen molar-refractivity contribution in [3.63, 3.8) is 0 Å². The second kappa shape index (κ2) is 6.15. The highest BCUT2D eigenvalue weighted by Gasteiger charge is 2.85. The Bertz CT molecular complexity index is 1150. The first-order valence-electron chi connectivity index (χ1n) is 8.94. The molecule has 2 aliphatic carbocycles. The van der Waals surface area contributed by atoms with E-state index in [0.717, 1.165) is 29.6 Å². The van der Waals surface area contributed by atoms with Gasteiger partial charge in [-0.25, -0.2) is 4.99 Å². The van der Waals surface area contributed by atoms with E-state index in [1.165, 1.54) is 14.0 Å². The van der Waals surface area contributed by atoms with Crippen molar-refractivity contribution in [1.29, 1.82) is 0 Å². The second-order valence-corrected chi connectivity index (χ2v) is 10.8. The van der Waals surface area contributed by atoms with Crippen LogP contribution in [0.1, 0.15) is 12.5 Å². The zero-order chi connectivity index (χ0) is 22.6. The predicted octanol–water partition coefficient (Wildman–Crippen LogP) is 6.59. The van der Waals surface area contributed by atoms with Crippen molar-refractivity contribution in [2.24, 2.45) is 4.99 Å². The van der Waals surface area contributed by atoms with E-state index in [4.69, 9.17) is 16.3 Å². The van der Waals surface area contributed by atoms with E-state index in [1.807, 2.05) is 0 Å². The number of hydrogen-bond donors (Lipinski definition) is 0. The van der Waals surface area contributed by atoms with Gasteiger partial charge in [-0.15, -0.1) is 0 Å². The monoisotopic (exact) mass is 495 g/mol. The minimum atomic E-state index is -5.64. The number of benzene rings is 1. The average Bonchev–Trinajstić information content (AvgIpc) is 3.27. The Morgan fingerprint density at radius 2 is 1.55 bits per heavy atom. The number of hydrogen-bond acceptors (Lipinski definition) is 4. The lowest BCUT2D eigenvalue weighted by Crippen LogP contribution is -2.52. The Labute approximate surface area is 186 Å². The number of nitrogens with zero attached hydrogens (tertiary/aromatic N) is 1. The average molecular weight is 496 g/mol. The van der Waals surface area contributed by atoms with Gasteiger partial charge in [0.2, 0.25) is 0 Å². The highest BCUT2D eigenvalue weighted by Crippen LogP contribution is 2.73. The second-order valence-electron chi connectivity index (χ2n) is 7.52. The Morgan fingerprint density at radius 3 is 2.16 bits per heavy atom. The smallest absolute Gasteiger partial charge is 0.359 e. The Kier molecular flexibility index (Phi) is 4.26. The van der Waals surface area contributed by atoms with Gasteiger partial charge in [0.05, 0.1) is 20.4 Å². The number of aliphatic imine (C=N–C) groups is 1. The van der Waals surface area contributed by atoms with Crippen LogP contribution in [0.25, 0.3) is 0 Å². The fourth-order valence-corrected chi connectivity index (χ4v) is 7.72. The molecular weight excluding hydrogens is 484 g/mol. The molecule has 1 saturated carbocycles. The number of methoxy groups -OCH3 is 1. The summed E-state index contributed by atoms with van der Waals surface area (Å²) in [7, 11) is 1.21. The van der Waals surface area contributed by atoms with Gasteiger partial charge >= 0.3 is 17.8 Å². The minimum Gasteiger partial charge on any atom is -0.359 e. The molecule has 2 heterocycles. The first kappa shape index (κ1) is 21.5. The number of allylic oxidation sites excluding steroid dienone is 3. The molecule has 2 unspecified atom stereocenters. The maximum Gasteiger partial charge on any atom is 0.380 e. The maximum atomic E-state index is 15.0. The fourth-order valence-electron chi connectivity index (χ4n) is 4.45. The van der Waals surface area contributed by atoms with Crippen LogP contribution in [0.4, 0.5) is 26.3 Å². The van der Waals surface area contributed by atoms with Crippen LogP contribution in [0.3, 0.4) is 0 Å². The van der Waals surface area contributed by atoms with E-state index in [1.54, 1.807) is 30.3 Å². The van der Waals surface area contributed by atoms with E-state index >= 15 is 0 Å². The van der Waals surface area contributed by atoms with Gasteiger partial charge in [-0.3, -0.25) is 0 Å². The van der Waals surface area contributed by atoms with Crippen molar-refractivity contribution in [1.82, 2.24) is 0 Å². The molecule has 1 aromatic rings. The molecular formula is C20H12ClF6NOS2. The number of rotatable bonds is 2. The van der Waals surface area contributed by atoms with Crippen molar-refractivity contribution in [2.75, 3.05) is 7.11 Å². The van der Waals surface area contributed by atoms with Crippen LogP contribution in [-0.4, -0.2) is 39.6 Å². The molecule has 0 bridgehead atoms. The molecule has 2 aliphatic heterocycles. The molecule has 2 atom stereocenters. The van der Waals surface area contributed by atoms with E-state index < -0.39 is 49.9 Å². The van der Waals surface area contributed by atoms with Gasteiger partial charge in [-0.05, 0) is 18.6 Å². The van der Waals surface area contributed by atoms with Crippen molar-refractivity contribution in [2.45, 2.75) is 34.4 Å². The van der Waals surface area contributed by atoms with Crippen LogP contribution >= 0.6 is 35.1 Å². The molecule has 31 heavy (non-hydrogen) atoms. The number of halogens is 7. The van der Waals surface area contributed by atoms with Gasteiger partial charge in [0, 0.05) is 18.2 Å². The molecule has 0 radical (unpaired) electrons. The molecule has 2 nitrogen and oxygen atoms in total. The Hall–Kier alpha value is -1.36. The van der Waals surface area contributed by atoms with Crippen molar-refractivity contribution >= 4 is 40.2 Å². The SMILES string of the molecule is COC12SC(c3ccccc3)=NC1=C1C(=C3C=C(Cl)SC32C)C(F)(F)C(F)(F)C1(F)F. The summed E-state index contributed by atoms with van der Waals surface area (Å²) < 4.78 is 92.9. The summed E-state index contributed by atoms with van der Waals surface area (Å²) in [6.45, 7) is 1.47. The Balaban J connectivity index is 1.91. The van der Waals surface area contributed by atoms with Gasteiger partial charge < -0.3 is 4.74 Å². The molecule has 11 heteroatoms. The zero-order valence-corrected chi connectivity index (χ0v) is 18.2. The van der Waals surface area contributed by atoms with E-state index in [0.29, 0.717) is 5.56 Å². The summed E-state index contributed by atoms with van der Waals surface area (Å²) in [6, 6.07) is 8.40. The quantitative estimate of drug-likeness (QED) is 0.432. The van der Waals surface area contributed by atoms with Gasteiger partial charge in [-0.1, -0.05) is 65.5 Å². The maximum absolute atomic E-state index is 15.0. The first-order chi connectivity index (χ1) is 14.3. The Morgan fingerprint density at radius 1 is 0.935 bits per heavy atom. The van der Waals surface area contributed by atoms with Gasteiger partial charge in [0.25, 0.3) is 0 Å². The molecule has 0 saturated heterocycles. The lowest BCUT2D eigenvalue weighted by atomic mass is 9.78. The van der Waals surface area contributed by atoms with Crippen molar-refractivity contribution < 1.29 is 31.1 Å². The molecule has 0 spiro atoms. The lowest BCUT2D eigenvalue weighted by Gasteiger charge is -2.46. The normalized spacial score (nSPS) is 34.4. The predicted molar refractivity (Wildman–Crippen MR) is 109 cm³/mol. The van der Waals surface area contributed by atoms with Crippen LogP contribution in [0, 0.1) is 0 Å². The highest BCUT2D eigenvalue weighted by molar-refractivity contribution is 8.17. The summed E-state index contributed by atoms with van der Waals surface area (Å²) in [5.74, 6) is -15.9. The van der Waals surface area contributed by atoms with E-state index in [9.17, 15) is 26.3 Å². The number of thioether (sulfide) groups is 2. The zero-order valence-electron chi connectivity index (χ0n) is 15.8. The number of fused-ring (bicyclic) bond motifs is 4. The summed E-state index contributed by atoms with van der Waals surface area (Å²) in [5, 5.41) is 0.199. The van der Waals surface area contributed by atoms with Crippen LogP contribution < -0.4 is 0 Å². The topological polar surface area (TPSA) is 21.6 Å². The van der Waals surface area contributed by atoms with Gasteiger partial charge in [0.1, 0.15) is 5.04 Å². The lowest BCUT2D eigenvalue weighted by molar-refractivity contribution is -0.258. The molecule has 164 valence electrons. The fraction of sp³-hybridized carbons (Fsp3) is 0.350. The summed E-state index contributed by atoms with van der Waals surface area (Å²) in [5.41, 5.74) is -3.43. The third kappa shape index (κ3) is 2.27. The molecule has 0 N–H and O–H groups in total. The molecule has 0 aromatic heterocycles. The van der Waals surface area contributed by atoms with Crippen molar-refractivity contribution in [3.8, 4) is 0 Å². The highest BCUT2D eigenvalue weighted by atomic mass is 35.5. The summed E-state index contributed by atoms with van der Waals surface area (Å²) in [4.78, 5) is 2.42. The third-order valence-corrected chi connectivity index (χ3v) is 9.22. The van der Waals surface area contributed by atoms with Crippen molar-refractivity contribution in [3.05, 3.63) is 68.8 Å². The van der Waals surface area contributed by atoms with E-state index in [2.05, 4.69) is 4.99 Å². The van der Waals surface area contributed by atoms with Crippen LogP contribution in [0.2, 0.25) is 0 Å². The largest absolute Gasteiger partial charge is 0.380 e.